The van der Waals surface area contributed by atoms with Gasteiger partial charge in [-0.05, 0) is 0 Å². The van der Waals surface area contributed by atoms with Crippen LogP contribution in [0.5, 0.6) is 0 Å². The zero-order valence-corrected chi connectivity index (χ0v) is 9.42. The quantitative estimate of drug-likeness (QED) is 0.425. The summed E-state index contributed by atoms with van der Waals surface area (Å²) in [5, 5.41) is 0. The molecule has 0 saturated heterocycles. The van der Waals surface area contributed by atoms with Crippen LogP contribution in [-0.2, 0) is 14.3 Å². The van der Waals surface area contributed by atoms with E-state index in [9.17, 15) is 53.5 Å². The number of hydrogen-bond acceptors (Lipinski definition) is 3. The Hall–Kier alpha value is -1.56. The number of ether oxygens (including phenoxy) is 1. The third-order valence-electron chi connectivity index (χ3n) is 1.95. The van der Waals surface area contributed by atoms with Gasteiger partial charge in [0.25, 0.3) is 0 Å². The molecule has 0 saturated carbocycles. The van der Waals surface area contributed by atoms with Crippen LogP contribution in [0, 0.1) is 0 Å². The van der Waals surface area contributed by atoms with E-state index in [-0.39, 0.29) is 0 Å². The van der Waals surface area contributed by atoms with Gasteiger partial charge in [0.05, 0.1) is 0 Å². The summed E-state index contributed by atoms with van der Waals surface area (Å²) in [5.41, 5.74) is 0. The molecule has 3 nitrogen and oxygen atoms in total. The van der Waals surface area contributed by atoms with E-state index < -0.39 is 49.0 Å². The Morgan fingerprint density at radius 2 is 0.905 bits per heavy atom. The average molecular weight is 338 g/mol. The molecule has 0 spiro atoms. The van der Waals surface area contributed by atoms with Crippen molar-refractivity contribution >= 4 is 11.9 Å². The fraction of sp³-hybridized carbons (Fsp3) is 0.750. The Morgan fingerprint density at radius 1 is 0.667 bits per heavy atom. The van der Waals surface area contributed by atoms with Crippen LogP contribution in [0.1, 0.15) is 0 Å². The fourth-order valence-corrected chi connectivity index (χ4v) is 0.679. The van der Waals surface area contributed by atoms with Gasteiger partial charge in [0.15, 0.2) is 13.3 Å². The van der Waals surface area contributed by atoms with Crippen molar-refractivity contribution in [3.8, 4) is 0 Å². The lowest BCUT2D eigenvalue weighted by Gasteiger charge is -2.24. The highest BCUT2D eigenvalue weighted by molar-refractivity contribution is 5.93. The van der Waals surface area contributed by atoms with Crippen molar-refractivity contribution in [1.29, 1.82) is 0 Å². The summed E-state index contributed by atoms with van der Waals surface area (Å²) in [7, 11) is 0. The van der Waals surface area contributed by atoms with Crippen molar-refractivity contribution in [2.75, 3.05) is 13.3 Å². The van der Waals surface area contributed by atoms with E-state index >= 15 is 0 Å². The molecule has 0 aromatic heterocycles. The molecule has 0 aromatic rings. The molecule has 0 unspecified atom stereocenters. The van der Waals surface area contributed by atoms with Crippen LogP contribution < -0.4 is 0 Å². The zero-order valence-electron chi connectivity index (χ0n) is 9.42. The molecule has 0 aromatic carbocycles. The molecular weight excluding hydrogens is 334 g/mol. The maximum Gasteiger partial charge on any atom is 0.407 e. The predicted molar refractivity (Wildman–Crippen MR) is 42.8 cm³/mol. The van der Waals surface area contributed by atoms with E-state index in [0.717, 1.165) is 0 Å². The Morgan fingerprint density at radius 3 is 1.10 bits per heavy atom. The third kappa shape index (κ3) is 3.37. The summed E-state index contributed by atoms with van der Waals surface area (Å²) >= 11 is 0. The first-order valence-electron chi connectivity index (χ1n) is 4.57. The predicted octanol–water partition coefficient (Wildman–Crippen LogP) is 2.54. The van der Waals surface area contributed by atoms with Crippen molar-refractivity contribution in [3.05, 3.63) is 0 Å². The Bertz CT molecular complexity index is 381. The maximum absolute atomic E-state index is 12.6. The molecule has 0 fully saturated rings. The normalized spacial score (nSPS) is 14.0. The lowest BCUT2D eigenvalue weighted by atomic mass is 10.1. The van der Waals surface area contributed by atoms with E-state index in [1.807, 2.05) is 0 Å². The van der Waals surface area contributed by atoms with Crippen molar-refractivity contribution in [3.63, 3.8) is 0 Å². The van der Waals surface area contributed by atoms with Crippen LogP contribution in [-0.4, -0.2) is 49.0 Å². The van der Waals surface area contributed by atoms with E-state index in [0.29, 0.717) is 0 Å². The van der Waals surface area contributed by atoms with E-state index in [2.05, 4.69) is 4.74 Å². The second-order valence-electron chi connectivity index (χ2n) is 3.50. The number of hydrogen-bond donors (Lipinski definition) is 0. The van der Waals surface area contributed by atoms with Gasteiger partial charge in [-0.25, -0.2) is 18.4 Å². The van der Waals surface area contributed by atoms with Crippen molar-refractivity contribution in [2.45, 2.75) is 23.7 Å². The Kier molecular flexibility index (Phi) is 5.25. The molecule has 21 heavy (non-hydrogen) atoms. The summed E-state index contributed by atoms with van der Waals surface area (Å²) in [5.74, 6) is -31.0. The second kappa shape index (κ2) is 5.67. The van der Waals surface area contributed by atoms with Crippen molar-refractivity contribution in [1.82, 2.24) is 0 Å². The number of carbonyl (C=O) groups excluding carboxylic acids is 2. The molecule has 0 aliphatic carbocycles. The summed E-state index contributed by atoms with van der Waals surface area (Å²) in [6.45, 7) is -6.28. The van der Waals surface area contributed by atoms with Gasteiger partial charge < -0.3 is 4.74 Å². The van der Waals surface area contributed by atoms with Crippen LogP contribution in [0.2, 0.25) is 0 Å². The molecule has 0 bridgehead atoms. The third-order valence-corrected chi connectivity index (χ3v) is 1.95. The SMILES string of the molecule is O=C(OC(=O)C(F)(F)C(F)(F)CF)C(F)(F)C(F)(F)CF. The largest absolute Gasteiger partial charge is 0.407 e. The molecule has 0 aliphatic rings. The minimum Gasteiger partial charge on any atom is -0.384 e. The molecule has 0 aliphatic heterocycles. The fourth-order valence-electron chi connectivity index (χ4n) is 0.679. The molecule has 0 radical (unpaired) electrons. The molecule has 13 heteroatoms. The van der Waals surface area contributed by atoms with Crippen molar-refractivity contribution < 1.29 is 58.2 Å². The highest BCUT2D eigenvalue weighted by atomic mass is 19.3. The lowest BCUT2D eigenvalue weighted by molar-refractivity contribution is -0.248. The monoisotopic (exact) mass is 338 g/mol. The van der Waals surface area contributed by atoms with Crippen LogP contribution in [0.15, 0.2) is 0 Å². The highest BCUT2D eigenvalue weighted by Gasteiger charge is 2.68. The summed E-state index contributed by atoms with van der Waals surface area (Å²) in [6, 6.07) is 0. The summed E-state index contributed by atoms with van der Waals surface area (Å²) in [6.07, 6.45) is 0. The van der Waals surface area contributed by atoms with Crippen molar-refractivity contribution in [2.24, 2.45) is 0 Å². The first-order valence-corrected chi connectivity index (χ1v) is 4.57. The average Bonchev–Trinajstić information content (AvgIpc) is 2.37. The van der Waals surface area contributed by atoms with Gasteiger partial charge in [-0.1, -0.05) is 0 Å². The van der Waals surface area contributed by atoms with Gasteiger partial charge in [-0.3, -0.25) is 0 Å². The van der Waals surface area contributed by atoms with E-state index in [1.165, 1.54) is 0 Å². The number of carbonyl (C=O) groups is 2. The molecule has 0 rings (SSSR count). The number of halogens is 10. The smallest absolute Gasteiger partial charge is 0.384 e. The second-order valence-corrected chi connectivity index (χ2v) is 3.50. The Labute approximate surface area is 108 Å². The molecule has 124 valence electrons. The van der Waals surface area contributed by atoms with Gasteiger partial charge >= 0.3 is 35.6 Å². The maximum atomic E-state index is 12.6. The van der Waals surface area contributed by atoms with Crippen LogP contribution in [0.3, 0.4) is 0 Å². The van der Waals surface area contributed by atoms with Gasteiger partial charge in [0.2, 0.25) is 0 Å². The summed E-state index contributed by atoms with van der Waals surface area (Å²) < 4.78 is 125. The van der Waals surface area contributed by atoms with Gasteiger partial charge in [0, 0.05) is 0 Å². The van der Waals surface area contributed by atoms with Crippen LogP contribution in [0.25, 0.3) is 0 Å². The van der Waals surface area contributed by atoms with Gasteiger partial charge in [-0.2, -0.15) is 35.1 Å². The lowest BCUT2D eigenvalue weighted by Crippen LogP contribution is -2.54. The standard InChI is InChI=1S/C8H4F10O3/c9-1-5(11,12)7(15,16)3(19)21-4(20)8(17,18)6(13,14)2-10/h1-2H2. The highest BCUT2D eigenvalue weighted by Crippen LogP contribution is 2.39. The minimum absolute atomic E-state index is 2.49. The molecule has 0 N–H and O–H groups in total. The van der Waals surface area contributed by atoms with Gasteiger partial charge in [0.1, 0.15) is 0 Å². The topological polar surface area (TPSA) is 43.4 Å². The van der Waals surface area contributed by atoms with E-state index in [4.69, 9.17) is 0 Å². The van der Waals surface area contributed by atoms with E-state index in [1.54, 1.807) is 0 Å². The molecule has 0 heterocycles. The van der Waals surface area contributed by atoms with Gasteiger partial charge in [-0.15, -0.1) is 0 Å². The minimum atomic E-state index is -6.08. The molecular formula is C8H4F10O3. The number of esters is 2. The van der Waals surface area contributed by atoms with Crippen LogP contribution in [0.4, 0.5) is 43.9 Å². The Balaban J connectivity index is 5.25. The number of alkyl halides is 10. The molecule has 0 atom stereocenters. The number of rotatable bonds is 6. The first kappa shape index (κ1) is 19.4. The first-order chi connectivity index (χ1) is 9.17. The molecule has 0 amide bonds. The summed E-state index contributed by atoms with van der Waals surface area (Å²) in [4.78, 5) is 20.9. The zero-order chi connectivity index (χ0) is 17.3. The van der Waals surface area contributed by atoms with Crippen LogP contribution >= 0.6 is 0 Å².